The largest absolute Gasteiger partial charge is 0.511 e. The number of nitrogens with zero attached hydrogens (tertiary/aromatic N) is 2. The van der Waals surface area contributed by atoms with Crippen molar-refractivity contribution in [3.63, 3.8) is 0 Å². The Balaban J connectivity index is 1.63. The number of alkyl halides is 3. The van der Waals surface area contributed by atoms with Crippen LogP contribution in [-0.4, -0.2) is 35.1 Å². The number of nitrogens with one attached hydrogen (secondary N) is 1. The molecule has 0 spiro atoms. The fourth-order valence-electron chi connectivity index (χ4n) is 4.98. The molecule has 0 fully saturated rings. The van der Waals surface area contributed by atoms with Crippen LogP contribution in [0.25, 0.3) is 0 Å². The van der Waals surface area contributed by atoms with E-state index in [1.165, 1.54) is 0 Å². The first-order valence-corrected chi connectivity index (χ1v) is 16.6. The third-order valence-corrected chi connectivity index (χ3v) is 10.2. The first kappa shape index (κ1) is 34.3. The summed E-state index contributed by atoms with van der Waals surface area (Å²) < 4.78 is 73.4. The lowest BCUT2D eigenvalue weighted by Crippen LogP contribution is -2.44. The number of carbonyl (C=O) groups excluding carboxylic acids is 1. The molecular formula is C32H36F3N3O5S2. The molecule has 1 unspecified atom stereocenters. The molecule has 3 heterocycles. The second-order valence-corrected chi connectivity index (χ2v) is 15.1. The standard InChI is InChI=1S/C32H36F3N3O5S2/c1-19(2)31(12-11-21-8-7-13-36-17-21)16-25(39)28(29(40)43-31)44-26-14-20(3)24(15-23(26)30(4,5)6)38-45(41,42)27-10-9-22(18-37-27)32(33,34)35/h7-10,13-15,17-19,38-39H,11-12,16H2,1-6H3. The first-order valence-electron chi connectivity index (χ1n) is 14.3. The number of cyclic esters (lactones) is 1. The number of anilines is 1. The molecule has 1 atom stereocenters. The molecule has 0 saturated heterocycles. The van der Waals surface area contributed by atoms with Gasteiger partial charge in [-0.05, 0) is 78.1 Å². The number of aromatic nitrogens is 2. The second kappa shape index (κ2) is 12.7. The normalized spacial score (nSPS) is 17.9. The average molecular weight is 664 g/mol. The van der Waals surface area contributed by atoms with E-state index < -0.39 is 43.8 Å². The van der Waals surface area contributed by atoms with Crippen molar-refractivity contribution < 1.29 is 36.2 Å². The lowest BCUT2D eigenvalue weighted by atomic mass is 9.80. The first-order chi connectivity index (χ1) is 20.8. The number of aliphatic hydroxyl groups excluding tert-OH is 1. The Kier molecular flexibility index (Phi) is 9.65. The highest BCUT2D eigenvalue weighted by Crippen LogP contribution is 2.46. The summed E-state index contributed by atoms with van der Waals surface area (Å²) in [7, 11) is -4.33. The summed E-state index contributed by atoms with van der Waals surface area (Å²) in [6, 6.07) is 8.56. The molecule has 3 aromatic rings. The Morgan fingerprint density at radius 2 is 1.84 bits per heavy atom. The third-order valence-electron chi connectivity index (χ3n) is 7.75. The van der Waals surface area contributed by atoms with E-state index in [1.807, 2.05) is 46.8 Å². The van der Waals surface area contributed by atoms with Gasteiger partial charge in [0, 0.05) is 29.9 Å². The quantitative estimate of drug-likeness (QED) is 0.223. The van der Waals surface area contributed by atoms with Crippen molar-refractivity contribution in [1.29, 1.82) is 0 Å². The number of esters is 1. The smallest absolute Gasteiger partial charge is 0.417 e. The Bertz CT molecular complexity index is 1700. The van der Waals surface area contributed by atoms with Gasteiger partial charge < -0.3 is 9.84 Å². The Labute approximate surface area is 265 Å². The number of hydrogen-bond acceptors (Lipinski definition) is 8. The van der Waals surface area contributed by atoms with Gasteiger partial charge in [-0.1, -0.05) is 52.4 Å². The van der Waals surface area contributed by atoms with Gasteiger partial charge >= 0.3 is 12.1 Å². The SMILES string of the molecule is Cc1cc(SC2=C(O)CC(CCc3cccnc3)(C(C)C)OC2=O)c(C(C)(C)C)cc1NS(=O)(=O)c1ccc(C(F)(F)F)cn1. The van der Waals surface area contributed by atoms with E-state index in [4.69, 9.17) is 4.74 Å². The number of hydrogen-bond donors (Lipinski definition) is 2. The van der Waals surface area contributed by atoms with Gasteiger partial charge in [0.15, 0.2) is 5.03 Å². The summed E-state index contributed by atoms with van der Waals surface area (Å²) in [4.78, 5) is 21.8. The molecule has 4 rings (SSSR count). The molecule has 1 aromatic carbocycles. The number of carbonyl (C=O) groups is 1. The van der Waals surface area contributed by atoms with Crippen molar-refractivity contribution in [2.45, 2.75) is 87.9 Å². The highest BCUT2D eigenvalue weighted by molar-refractivity contribution is 8.04. The van der Waals surface area contributed by atoms with Gasteiger partial charge in [-0.2, -0.15) is 21.6 Å². The number of rotatable bonds is 9. The molecule has 2 aromatic heterocycles. The molecule has 0 bridgehead atoms. The predicted octanol–water partition coefficient (Wildman–Crippen LogP) is 7.74. The van der Waals surface area contributed by atoms with E-state index >= 15 is 0 Å². The van der Waals surface area contributed by atoms with Crippen molar-refractivity contribution >= 4 is 33.4 Å². The molecule has 0 saturated carbocycles. The van der Waals surface area contributed by atoms with E-state index in [9.17, 15) is 31.5 Å². The fraction of sp³-hybridized carbons (Fsp3) is 0.406. The van der Waals surface area contributed by atoms with Crippen molar-refractivity contribution in [2.24, 2.45) is 5.92 Å². The molecule has 0 amide bonds. The summed E-state index contributed by atoms with van der Waals surface area (Å²) in [6.07, 6.45) is 0.515. The third kappa shape index (κ3) is 7.81. The number of sulfonamides is 1. The average Bonchev–Trinajstić information content (AvgIpc) is 2.94. The Morgan fingerprint density at radius 3 is 2.38 bits per heavy atom. The minimum Gasteiger partial charge on any atom is -0.511 e. The van der Waals surface area contributed by atoms with E-state index in [0.717, 1.165) is 23.4 Å². The maximum absolute atomic E-state index is 13.4. The predicted molar refractivity (Wildman–Crippen MR) is 166 cm³/mol. The maximum atomic E-state index is 13.4. The molecule has 2 N–H and O–H groups in total. The van der Waals surface area contributed by atoms with Crippen LogP contribution in [0.2, 0.25) is 0 Å². The van der Waals surface area contributed by atoms with Gasteiger partial charge in [0.05, 0.1) is 11.3 Å². The van der Waals surface area contributed by atoms with E-state index in [1.54, 1.807) is 31.5 Å². The van der Waals surface area contributed by atoms with Gasteiger partial charge in [-0.25, -0.2) is 9.78 Å². The zero-order valence-electron chi connectivity index (χ0n) is 25.8. The van der Waals surface area contributed by atoms with Crippen LogP contribution < -0.4 is 4.72 Å². The molecule has 13 heteroatoms. The summed E-state index contributed by atoms with van der Waals surface area (Å²) in [5.41, 5.74) is -0.162. The van der Waals surface area contributed by atoms with Gasteiger partial charge in [0.25, 0.3) is 10.0 Å². The molecular weight excluding hydrogens is 627 g/mol. The van der Waals surface area contributed by atoms with Crippen molar-refractivity contribution in [3.05, 3.63) is 87.9 Å². The lowest BCUT2D eigenvalue weighted by molar-refractivity contribution is -0.164. The van der Waals surface area contributed by atoms with Gasteiger partial charge in [0.1, 0.15) is 16.3 Å². The van der Waals surface area contributed by atoms with Crippen LogP contribution in [0.15, 0.2) is 75.6 Å². The van der Waals surface area contributed by atoms with Crippen LogP contribution in [0.5, 0.6) is 0 Å². The molecule has 8 nitrogen and oxygen atoms in total. The summed E-state index contributed by atoms with van der Waals surface area (Å²) in [5, 5.41) is 10.7. The van der Waals surface area contributed by atoms with Crippen LogP contribution in [0.3, 0.4) is 0 Å². The zero-order chi connectivity index (χ0) is 33.4. The van der Waals surface area contributed by atoms with E-state index in [-0.39, 0.29) is 28.7 Å². The van der Waals surface area contributed by atoms with E-state index in [2.05, 4.69) is 14.7 Å². The van der Waals surface area contributed by atoms with Crippen molar-refractivity contribution in [1.82, 2.24) is 9.97 Å². The molecule has 0 radical (unpaired) electrons. The number of ether oxygens (including phenoxy) is 1. The minimum absolute atomic E-state index is 0.0554. The lowest BCUT2D eigenvalue weighted by Gasteiger charge is -2.40. The van der Waals surface area contributed by atoms with Crippen molar-refractivity contribution in [3.8, 4) is 0 Å². The highest BCUT2D eigenvalue weighted by Gasteiger charge is 2.44. The van der Waals surface area contributed by atoms with Crippen molar-refractivity contribution in [2.75, 3.05) is 4.72 Å². The van der Waals surface area contributed by atoms with Gasteiger partial charge in [0.2, 0.25) is 0 Å². The number of halogens is 3. The maximum Gasteiger partial charge on any atom is 0.417 e. The highest BCUT2D eigenvalue weighted by atomic mass is 32.2. The van der Waals surface area contributed by atoms with E-state index in [0.29, 0.717) is 41.1 Å². The summed E-state index contributed by atoms with van der Waals surface area (Å²) in [6.45, 7) is 11.3. The van der Waals surface area contributed by atoms with Gasteiger partial charge in [-0.3, -0.25) is 9.71 Å². The number of pyridine rings is 2. The fourth-order valence-corrected chi connectivity index (χ4v) is 7.28. The minimum atomic E-state index is -4.65. The number of aryl methyl sites for hydroxylation is 2. The summed E-state index contributed by atoms with van der Waals surface area (Å²) >= 11 is 1.05. The van der Waals surface area contributed by atoms with Crippen LogP contribution >= 0.6 is 11.8 Å². The van der Waals surface area contributed by atoms with Crippen LogP contribution in [-0.2, 0) is 37.6 Å². The number of aliphatic hydroxyl groups is 1. The summed E-state index contributed by atoms with van der Waals surface area (Å²) in [5.74, 6) is -0.795. The Morgan fingerprint density at radius 1 is 1.13 bits per heavy atom. The molecule has 1 aliphatic rings. The van der Waals surface area contributed by atoms with Crippen LogP contribution in [0.1, 0.15) is 69.7 Å². The molecule has 242 valence electrons. The molecule has 45 heavy (non-hydrogen) atoms. The number of benzene rings is 1. The zero-order valence-corrected chi connectivity index (χ0v) is 27.5. The molecule has 1 aliphatic heterocycles. The Hall–Kier alpha value is -3.58. The number of thioether (sulfide) groups is 1. The monoisotopic (exact) mass is 663 g/mol. The van der Waals surface area contributed by atoms with Gasteiger partial charge in [-0.15, -0.1) is 0 Å². The van der Waals surface area contributed by atoms with Crippen LogP contribution in [0, 0.1) is 12.8 Å². The topological polar surface area (TPSA) is 118 Å². The second-order valence-electron chi connectivity index (χ2n) is 12.4. The molecule has 0 aliphatic carbocycles. The van der Waals surface area contributed by atoms with Crippen LogP contribution in [0.4, 0.5) is 18.9 Å².